The molecule has 2 saturated carbocycles. The zero-order valence-electron chi connectivity index (χ0n) is 13.5. The molecule has 21 heavy (non-hydrogen) atoms. The molecule has 0 amide bonds. The Morgan fingerprint density at radius 1 is 1.24 bits per heavy atom. The molecule has 4 heteroatoms. The standard InChI is InChI=1S/C17H32N2O2/c1-2-10-21-16-4-3-9-19(11-16)12-17(13-20,14-5-6-14)18-15-7-8-15/h14-16,18,20H,2-13H2,1H3. The van der Waals surface area contributed by atoms with Crippen molar-refractivity contribution in [3.05, 3.63) is 0 Å². The van der Waals surface area contributed by atoms with E-state index < -0.39 is 0 Å². The van der Waals surface area contributed by atoms with Gasteiger partial charge in [0.1, 0.15) is 0 Å². The second kappa shape index (κ2) is 6.95. The van der Waals surface area contributed by atoms with Gasteiger partial charge in [-0.3, -0.25) is 4.90 Å². The maximum absolute atomic E-state index is 10.1. The molecular weight excluding hydrogens is 264 g/mol. The van der Waals surface area contributed by atoms with Crippen molar-refractivity contribution < 1.29 is 9.84 Å². The number of nitrogens with zero attached hydrogens (tertiary/aromatic N) is 1. The zero-order chi connectivity index (χ0) is 14.7. The van der Waals surface area contributed by atoms with Crippen molar-refractivity contribution in [1.82, 2.24) is 10.2 Å². The minimum atomic E-state index is -0.0478. The predicted molar refractivity (Wildman–Crippen MR) is 84.4 cm³/mol. The fourth-order valence-electron chi connectivity index (χ4n) is 3.76. The first-order valence-corrected chi connectivity index (χ1v) is 8.98. The van der Waals surface area contributed by atoms with E-state index in [1.165, 1.54) is 38.5 Å². The average Bonchev–Trinajstić information content (AvgIpc) is 3.37. The fraction of sp³-hybridized carbons (Fsp3) is 1.00. The van der Waals surface area contributed by atoms with E-state index in [0.29, 0.717) is 18.1 Å². The van der Waals surface area contributed by atoms with E-state index in [0.717, 1.165) is 32.7 Å². The van der Waals surface area contributed by atoms with Gasteiger partial charge in [0.2, 0.25) is 0 Å². The highest BCUT2D eigenvalue weighted by Crippen LogP contribution is 2.42. The van der Waals surface area contributed by atoms with Crippen molar-refractivity contribution >= 4 is 0 Å². The first-order chi connectivity index (χ1) is 10.3. The quantitative estimate of drug-likeness (QED) is 0.681. The highest BCUT2D eigenvalue weighted by Gasteiger charge is 2.48. The summed E-state index contributed by atoms with van der Waals surface area (Å²) >= 11 is 0. The van der Waals surface area contributed by atoms with Crippen LogP contribution in [0.25, 0.3) is 0 Å². The molecule has 0 radical (unpaired) electrons. The van der Waals surface area contributed by atoms with Gasteiger partial charge in [-0.2, -0.15) is 0 Å². The second-order valence-electron chi connectivity index (χ2n) is 7.38. The van der Waals surface area contributed by atoms with Crippen LogP contribution in [0.4, 0.5) is 0 Å². The van der Waals surface area contributed by atoms with E-state index in [1.54, 1.807) is 0 Å². The molecule has 3 fully saturated rings. The highest BCUT2D eigenvalue weighted by molar-refractivity contribution is 5.06. The molecule has 3 aliphatic rings. The molecule has 1 saturated heterocycles. The Kier molecular flexibility index (Phi) is 5.20. The van der Waals surface area contributed by atoms with Crippen molar-refractivity contribution in [2.45, 2.75) is 69.6 Å². The van der Waals surface area contributed by atoms with Crippen molar-refractivity contribution in [3.8, 4) is 0 Å². The molecule has 4 nitrogen and oxygen atoms in total. The molecule has 0 bridgehead atoms. The maximum Gasteiger partial charge on any atom is 0.0702 e. The normalized spacial score (nSPS) is 30.3. The molecule has 1 heterocycles. The molecule has 2 atom stereocenters. The molecule has 2 unspecified atom stereocenters. The number of aliphatic hydroxyl groups excluding tert-OH is 1. The largest absolute Gasteiger partial charge is 0.394 e. The lowest BCUT2D eigenvalue weighted by molar-refractivity contribution is -0.0147. The molecule has 2 aliphatic carbocycles. The molecule has 1 aliphatic heterocycles. The first-order valence-electron chi connectivity index (χ1n) is 8.98. The Morgan fingerprint density at radius 3 is 2.67 bits per heavy atom. The van der Waals surface area contributed by atoms with Crippen LogP contribution in [-0.2, 0) is 4.74 Å². The van der Waals surface area contributed by atoms with Crippen LogP contribution in [0, 0.1) is 5.92 Å². The monoisotopic (exact) mass is 296 g/mol. The summed E-state index contributed by atoms with van der Waals surface area (Å²) in [5, 5.41) is 13.9. The Labute approximate surface area is 129 Å². The molecule has 0 spiro atoms. The zero-order valence-corrected chi connectivity index (χ0v) is 13.5. The third kappa shape index (κ3) is 4.19. The minimum Gasteiger partial charge on any atom is -0.394 e. The van der Waals surface area contributed by atoms with Crippen LogP contribution >= 0.6 is 0 Å². The van der Waals surface area contributed by atoms with Gasteiger partial charge in [0, 0.05) is 25.7 Å². The molecule has 122 valence electrons. The molecule has 2 N–H and O–H groups in total. The summed E-state index contributed by atoms with van der Waals surface area (Å²) < 4.78 is 5.96. The Hall–Kier alpha value is -0.160. The third-order valence-corrected chi connectivity index (χ3v) is 5.24. The summed E-state index contributed by atoms with van der Waals surface area (Å²) in [5.41, 5.74) is -0.0478. The summed E-state index contributed by atoms with van der Waals surface area (Å²) in [4.78, 5) is 2.54. The lowest BCUT2D eigenvalue weighted by Crippen LogP contribution is -2.60. The minimum absolute atomic E-state index is 0.0478. The predicted octanol–water partition coefficient (Wildman–Crippen LogP) is 1.77. The summed E-state index contributed by atoms with van der Waals surface area (Å²) in [6.07, 6.45) is 9.06. The van der Waals surface area contributed by atoms with Gasteiger partial charge in [-0.05, 0) is 57.4 Å². The van der Waals surface area contributed by atoms with Gasteiger partial charge in [0.05, 0.1) is 18.2 Å². The number of nitrogens with one attached hydrogen (secondary N) is 1. The van der Waals surface area contributed by atoms with Crippen LogP contribution in [0.5, 0.6) is 0 Å². The van der Waals surface area contributed by atoms with Gasteiger partial charge in [0.25, 0.3) is 0 Å². The van der Waals surface area contributed by atoms with E-state index in [4.69, 9.17) is 4.74 Å². The SMILES string of the molecule is CCCOC1CCCN(CC(CO)(NC2CC2)C2CC2)C1. The van der Waals surface area contributed by atoms with Crippen LogP contribution in [0.3, 0.4) is 0 Å². The molecular formula is C17H32N2O2. The molecule has 0 aromatic rings. The topological polar surface area (TPSA) is 44.7 Å². The Morgan fingerprint density at radius 2 is 2.05 bits per heavy atom. The van der Waals surface area contributed by atoms with Crippen LogP contribution in [0.1, 0.15) is 51.9 Å². The maximum atomic E-state index is 10.1. The Bertz CT molecular complexity index is 331. The number of likely N-dealkylation sites (tertiary alicyclic amines) is 1. The van der Waals surface area contributed by atoms with Crippen molar-refractivity contribution in [2.75, 3.05) is 32.8 Å². The van der Waals surface area contributed by atoms with Gasteiger partial charge < -0.3 is 15.2 Å². The van der Waals surface area contributed by atoms with Crippen molar-refractivity contribution in [2.24, 2.45) is 5.92 Å². The number of aliphatic hydroxyl groups is 1. The summed E-state index contributed by atoms with van der Waals surface area (Å²) in [6, 6.07) is 0.662. The smallest absolute Gasteiger partial charge is 0.0702 e. The van der Waals surface area contributed by atoms with Crippen molar-refractivity contribution in [3.63, 3.8) is 0 Å². The lowest BCUT2D eigenvalue weighted by Gasteiger charge is -2.41. The van der Waals surface area contributed by atoms with Crippen molar-refractivity contribution in [1.29, 1.82) is 0 Å². The number of hydrogen-bond donors (Lipinski definition) is 2. The van der Waals surface area contributed by atoms with Crippen LogP contribution in [-0.4, -0.2) is 60.5 Å². The summed E-state index contributed by atoms with van der Waals surface area (Å²) in [5.74, 6) is 0.681. The fourth-order valence-corrected chi connectivity index (χ4v) is 3.76. The van der Waals surface area contributed by atoms with E-state index in [1.807, 2.05) is 0 Å². The number of ether oxygens (including phenoxy) is 1. The van der Waals surface area contributed by atoms with Gasteiger partial charge in [-0.15, -0.1) is 0 Å². The number of hydrogen-bond acceptors (Lipinski definition) is 4. The van der Waals surface area contributed by atoms with Crippen LogP contribution in [0.15, 0.2) is 0 Å². The summed E-state index contributed by atoms with van der Waals surface area (Å²) in [7, 11) is 0. The van der Waals surface area contributed by atoms with E-state index in [9.17, 15) is 5.11 Å². The molecule has 0 aromatic carbocycles. The number of rotatable bonds is 9. The van der Waals surface area contributed by atoms with Gasteiger partial charge in [-0.1, -0.05) is 6.92 Å². The molecule has 3 rings (SSSR count). The third-order valence-electron chi connectivity index (χ3n) is 5.24. The van der Waals surface area contributed by atoms with E-state index >= 15 is 0 Å². The first kappa shape index (κ1) is 15.7. The second-order valence-corrected chi connectivity index (χ2v) is 7.38. The van der Waals surface area contributed by atoms with Crippen LogP contribution in [0.2, 0.25) is 0 Å². The van der Waals surface area contributed by atoms with E-state index in [-0.39, 0.29) is 12.1 Å². The van der Waals surface area contributed by atoms with Gasteiger partial charge >= 0.3 is 0 Å². The molecule has 0 aromatic heterocycles. The average molecular weight is 296 g/mol. The van der Waals surface area contributed by atoms with E-state index in [2.05, 4.69) is 17.1 Å². The number of piperidine rings is 1. The Balaban J connectivity index is 1.56. The van der Waals surface area contributed by atoms with Gasteiger partial charge in [0.15, 0.2) is 0 Å². The lowest BCUT2D eigenvalue weighted by atomic mass is 9.91. The highest BCUT2D eigenvalue weighted by atomic mass is 16.5. The van der Waals surface area contributed by atoms with Crippen LogP contribution < -0.4 is 5.32 Å². The van der Waals surface area contributed by atoms with Gasteiger partial charge in [-0.25, -0.2) is 0 Å². The summed E-state index contributed by atoms with van der Waals surface area (Å²) in [6.45, 7) is 6.53.